The van der Waals surface area contributed by atoms with E-state index in [-0.39, 0.29) is 17.6 Å². The van der Waals surface area contributed by atoms with Crippen LogP contribution in [-0.4, -0.2) is 36.2 Å². The fraction of sp³-hybridized carbons (Fsp3) is 0.571. The minimum atomic E-state index is -0.261. The Morgan fingerprint density at radius 3 is 2.67 bits per heavy atom. The van der Waals surface area contributed by atoms with E-state index in [0.29, 0.717) is 5.92 Å². The number of nitrogens with zero attached hydrogens (tertiary/aromatic N) is 1. The second-order valence-corrected chi connectivity index (χ2v) is 5.27. The monoisotopic (exact) mass is 250 g/mol. The van der Waals surface area contributed by atoms with Crippen LogP contribution in [0.15, 0.2) is 18.2 Å². The summed E-state index contributed by atoms with van der Waals surface area (Å²) >= 11 is 0. The number of phenols is 1. The number of hydrogen-bond donors (Lipinski definition) is 2. The molecule has 2 aliphatic rings. The van der Waals surface area contributed by atoms with Crippen LogP contribution in [0.1, 0.15) is 24.4 Å². The molecule has 1 aliphatic heterocycles. The highest BCUT2D eigenvalue weighted by atomic mass is 19.1. The number of benzene rings is 1. The Morgan fingerprint density at radius 2 is 2.00 bits per heavy atom. The summed E-state index contributed by atoms with van der Waals surface area (Å²) in [5.74, 6) is 0.547. The van der Waals surface area contributed by atoms with E-state index in [0.717, 1.165) is 31.7 Å². The Bertz CT molecular complexity index is 428. The van der Waals surface area contributed by atoms with Crippen LogP contribution in [-0.2, 0) is 0 Å². The first-order valence-corrected chi connectivity index (χ1v) is 6.69. The smallest absolute Gasteiger partial charge is 0.123 e. The van der Waals surface area contributed by atoms with Gasteiger partial charge >= 0.3 is 0 Å². The largest absolute Gasteiger partial charge is 0.508 e. The SMILES string of the molecule is Oc1ccc(F)cc1[C@@H](C1CC1)N1CCNCC1. The molecule has 18 heavy (non-hydrogen) atoms. The third-order valence-electron chi connectivity index (χ3n) is 3.92. The summed E-state index contributed by atoms with van der Waals surface area (Å²) in [6.07, 6.45) is 2.37. The predicted octanol–water partition coefficient (Wildman–Crippen LogP) is 1.89. The highest BCUT2D eigenvalue weighted by molar-refractivity contribution is 5.36. The second kappa shape index (κ2) is 4.86. The molecule has 4 heteroatoms. The van der Waals surface area contributed by atoms with Gasteiger partial charge in [-0.05, 0) is 37.0 Å². The van der Waals surface area contributed by atoms with Crippen molar-refractivity contribution in [3.05, 3.63) is 29.6 Å². The van der Waals surface area contributed by atoms with Gasteiger partial charge in [0.15, 0.2) is 0 Å². The van der Waals surface area contributed by atoms with Crippen molar-refractivity contribution in [1.82, 2.24) is 10.2 Å². The van der Waals surface area contributed by atoms with E-state index in [4.69, 9.17) is 0 Å². The molecule has 2 N–H and O–H groups in total. The van der Waals surface area contributed by atoms with Gasteiger partial charge in [-0.25, -0.2) is 4.39 Å². The van der Waals surface area contributed by atoms with Crippen LogP contribution in [0.4, 0.5) is 4.39 Å². The van der Waals surface area contributed by atoms with Crippen molar-refractivity contribution in [2.24, 2.45) is 5.92 Å². The minimum absolute atomic E-state index is 0.183. The molecular formula is C14H19FN2O. The minimum Gasteiger partial charge on any atom is -0.508 e. The number of hydrogen-bond acceptors (Lipinski definition) is 3. The lowest BCUT2D eigenvalue weighted by atomic mass is 9.98. The van der Waals surface area contributed by atoms with Crippen LogP contribution in [0.2, 0.25) is 0 Å². The second-order valence-electron chi connectivity index (χ2n) is 5.27. The summed E-state index contributed by atoms with van der Waals surface area (Å²) in [5, 5.41) is 13.3. The lowest BCUT2D eigenvalue weighted by molar-refractivity contribution is 0.153. The molecule has 1 aliphatic carbocycles. The molecule has 1 saturated carbocycles. The molecule has 3 rings (SSSR count). The van der Waals surface area contributed by atoms with E-state index >= 15 is 0 Å². The average molecular weight is 250 g/mol. The van der Waals surface area contributed by atoms with Crippen LogP contribution < -0.4 is 5.32 Å². The molecule has 1 saturated heterocycles. The van der Waals surface area contributed by atoms with Crippen LogP contribution in [0.25, 0.3) is 0 Å². The van der Waals surface area contributed by atoms with Crippen molar-refractivity contribution >= 4 is 0 Å². The van der Waals surface area contributed by atoms with E-state index in [2.05, 4.69) is 10.2 Å². The highest BCUT2D eigenvalue weighted by Gasteiger charge is 2.38. The Labute approximate surface area is 107 Å². The topological polar surface area (TPSA) is 35.5 Å². The van der Waals surface area contributed by atoms with Crippen LogP contribution >= 0.6 is 0 Å². The van der Waals surface area contributed by atoms with Crippen molar-refractivity contribution in [2.75, 3.05) is 26.2 Å². The van der Waals surface area contributed by atoms with Gasteiger partial charge in [-0.1, -0.05) is 0 Å². The summed E-state index contributed by atoms with van der Waals surface area (Å²) in [6, 6.07) is 4.48. The summed E-state index contributed by atoms with van der Waals surface area (Å²) in [5.41, 5.74) is 0.763. The molecule has 1 heterocycles. The summed E-state index contributed by atoms with van der Waals surface area (Å²) < 4.78 is 13.4. The Balaban J connectivity index is 1.90. The predicted molar refractivity (Wildman–Crippen MR) is 68.0 cm³/mol. The molecule has 2 fully saturated rings. The number of aromatic hydroxyl groups is 1. The first kappa shape index (κ1) is 11.9. The zero-order chi connectivity index (χ0) is 12.5. The van der Waals surface area contributed by atoms with Gasteiger partial charge in [-0.15, -0.1) is 0 Å². The molecule has 0 spiro atoms. The van der Waals surface area contributed by atoms with Gasteiger partial charge in [0.1, 0.15) is 11.6 Å². The molecule has 1 aromatic rings. The molecule has 3 nitrogen and oxygen atoms in total. The van der Waals surface area contributed by atoms with E-state index in [1.54, 1.807) is 0 Å². The molecule has 0 amide bonds. The fourth-order valence-electron chi connectivity index (χ4n) is 2.88. The average Bonchev–Trinajstić information content (AvgIpc) is 3.20. The summed E-state index contributed by atoms with van der Waals surface area (Å²) in [7, 11) is 0. The maximum Gasteiger partial charge on any atom is 0.123 e. The van der Waals surface area contributed by atoms with Gasteiger partial charge < -0.3 is 10.4 Å². The zero-order valence-corrected chi connectivity index (χ0v) is 10.4. The van der Waals surface area contributed by atoms with Crippen molar-refractivity contribution in [3.8, 4) is 5.75 Å². The molecule has 98 valence electrons. The number of nitrogens with one attached hydrogen (secondary N) is 1. The molecule has 0 bridgehead atoms. The number of piperazine rings is 1. The summed E-state index contributed by atoms with van der Waals surface area (Å²) in [4.78, 5) is 2.38. The van der Waals surface area contributed by atoms with Gasteiger partial charge in [0.2, 0.25) is 0 Å². The molecule has 1 atom stereocenters. The normalized spacial score (nSPS) is 22.9. The van der Waals surface area contributed by atoms with Gasteiger partial charge in [-0.3, -0.25) is 4.90 Å². The van der Waals surface area contributed by atoms with E-state index < -0.39 is 0 Å². The molecule has 0 unspecified atom stereocenters. The van der Waals surface area contributed by atoms with Crippen molar-refractivity contribution in [1.29, 1.82) is 0 Å². The van der Waals surface area contributed by atoms with Crippen LogP contribution in [0.3, 0.4) is 0 Å². The first-order chi connectivity index (χ1) is 8.75. The summed E-state index contributed by atoms with van der Waals surface area (Å²) in [6.45, 7) is 3.88. The van der Waals surface area contributed by atoms with Crippen molar-refractivity contribution in [3.63, 3.8) is 0 Å². The zero-order valence-electron chi connectivity index (χ0n) is 10.4. The van der Waals surface area contributed by atoms with Gasteiger partial charge in [0.25, 0.3) is 0 Å². The van der Waals surface area contributed by atoms with E-state index in [1.165, 1.54) is 31.0 Å². The fourth-order valence-corrected chi connectivity index (χ4v) is 2.88. The first-order valence-electron chi connectivity index (χ1n) is 6.69. The molecule has 0 radical (unpaired) electrons. The lowest BCUT2D eigenvalue weighted by Crippen LogP contribution is -2.45. The van der Waals surface area contributed by atoms with Gasteiger partial charge in [0.05, 0.1) is 0 Å². The van der Waals surface area contributed by atoms with Crippen molar-refractivity contribution < 1.29 is 9.50 Å². The third-order valence-corrected chi connectivity index (χ3v) is 3.92. The number of halogens is 1. The van der Waals surface area contributed by atoms with Gasteiger partial charge in [-0.2, -0.15) is 0 Å². The maximum absolute atomic E-state index is 13.4. The van der Waals surface area contributed by atoms with E-state index in [1.807, 2.05) is 0 Å². The lowest BCUT2D eigenvalue weighted by Gasteiger charge is -2.35. The van der Waals surface area contributed by atoms with Crippen LogP contribution in [0.5, 0.6) is 5.75 Å². The van der Waals surface area contributed by atoms with Crippen LogP contribution in [0, 0.1) is 11.7 Å². The Morgan fingerprint density at radius 1 is 1.28 bits per heavy atom. The third kappa shape index (κ3) is 2.35. The Hall–Kier alpha value is -1.13. The highest BCUT2D eigenvalue weighted by Crippen LogP contribution is 2.46. The van der Waals surface area contributed by atoms with Crippen molar-refractivity contribution in [2.45, 2.75) is 18.9 Å². The maximum atomic E-state index is 13.4. The standard InChI is InChI=1S/C14H19FN2O/c15-11-3-4-13(18)12(9-11)14(10-1-2-10)17-7-5-16-6-8-17/h3-4,9-10,14,16,18H,1-2,5-8H2/t14-/m1/s1. The van der Waals surface area contributed by atoms with Gasteiger partial charge in [0, 0.05) is 37.8 Å². The number of rotatable bonds is 3. The number of phenolic OH excluding ortho intramolecular Hbond substituents is 1. The quantitative estimate of drug-likeness (QED) is 0.860. The molecule has 1 aromatic carbocycles. The molecular weight excluding hydrogens is 231 g/mol. The molecule has 0 aromatic heterocycles. The Kier molecular flexibility index (Phi) is 3.22. The van der Waals surface area contributed by atoms with E-state index in [9.17, 15) is 9.50 Å².